The van der Waals surface area contributed by atoms with Crippen LogP contribution in [-0.4, -0.2) is 51.9 Å². The molecule has 0 radical (unpaired) electrons. The zero-order valence-corrected chi connectivity index (χ0v) is 19.6. The van der Waals surface area contributed by atoms with E-state index in [0.29, 0.717) is 16.0 Å². The minimum Gasteiger partial charge on any atom is -0.493 e. The number of carbonyl (C=O) groups is 2. The number of ether oxygens (including phenoxy) is 3. The molecule has 170 valence electrons. The molecule has 9 nitrogen and oxygen atoms in total. The molecule has 0 aliphatic rings. The van der Waals surface area contributed by atoms with Crippen LogP contribution in [-0.2, 0) is 25.9 Å². The number of thiazole rings is 1. The first-order valence-corrected chi connectivity index (χ1v) is 12.2. The molecule has 0 aliphatic carbocycles. The molecule has 1 heterocycles. The Bertz CT molecular complexity index is 1350. The quantitative estimate of drug-likeness (QED) is 0.479. The van der Waals surface area contributed by atoms with Crippen LogP contribution < -0.4 is 14.3 Å². The molecular formula is C21H22N2O7S2. The summed E-state index contributed by atoms with van der Waals surface area (Å²) in [5.74, 6) is -0.497. The lowest BCUT2D eigenvalue weighted by Gasteiger charge is -2.10. The lowest BCUT2D eigenvalue weighted by Crippen LogP contribution is -2.23. The average molecular weight is 479 g/mol. The Balaban J connectivity index is 2.20. The van der Waals surface area contributed by atoms with Gasteiger partial charge < -0.3 is 18.8 Å². The van der Waals surface area contributed by atoms with Crippen molar-refractivity contribution >= 4 is 43.3 Å². The van der Waals surface area contributed by atoms with Crippen molar-refractivity contribution in [3.63, 3.8) is 0 Å². The third-order valence-electron chi connectivity index (χ3n) is 4.51. The number of amides is 1. The molecule has 0 N–H and O–H groups in total. The highest BCUT2D eigenvalue weighted by molar-refractivity contribution is 7.90. The summed E-state index contributed by atoms with van der Waals surface area (Å²) in [6.07, 6.45) is 1.11. The Morgan fingerprint density at radius 2 is 1.88 bits per heavy atom. The minimum atomic E-state index is -3.43. The van der Waals surface area contributed by atoms with Gasteiger partial charge in [-0.1, -0.05) is 17.4 Å². The summed E-state index contributed by atoms with van der Waals surface area (Å²) in [6, 6.07) is 9.37. The van der Waals surface area contributed by atoms with Gasteiger partial charge in [0.15, 0.2) is 26.1 Å². The molecule has 0 aliphatic heterocycles. The van der Waals surface area contributed by atoms with Gasteiger partial charge in [-0.2, -0.15) is 4.99 Å². The number of methoxy groups -OCH3 is 2. The molecule has 0 spiro atoms. The van der Waals surface area contributed by atoms with Crippen LogP contribution in [0.4, 0.5) is 0 Å². The molecule has 3 rings (SSSR count). The number of benzene rings is 2. The fraction of sp³-hybridized carbons (Fsp3) is 0.286. The van der Waals surface area contributed by atoms with Gasteiger partial charge in [0.1, 0.15) is 6.54 Å². The number of esters is 1. The van der Waals surface area contributed by atoms with Gasteiger partial charge in [0.25, 0.3) is 5.91 Å². The van der Waals surface area contributed by atoms with Crippen LogP contribution in [0, 0.1) is 0 Å². The highest BCUT2D eigenvalue weighted by atomic mass is 32.2. The maximum absolute atomic E-state index is 13.0. The standard InChI is InChI=1S/C21H22N2O7S2/c1-5-30-18(24)12-23-15-10-9-13(32(4,26)27)11-17(15)31-21(23)22-20(25)14-7-6-8-16(28-2)19(14)29-3/h6-11H,5,12H2,1-4H3. The van der Waals surface area contributed by atoms with Crippen molar-refractivity contribution in [1.29, 1.82) is 0 Å². The predicted molar refractivity (Wildman–Crippen MR) is 119 cm³/mol. The SMILES string of the molecule is CCOC(=O)Cn1c(=NC(=O)c2cccc(OC)c2OC)sc2cc(S(C)(=O)=O)ccc21. The number of aromatic nitrogens is 1. The van der Waals surface area contributed by atoms with Gasteiger partial charge in [0.2, 0.25) is 0 Å². The highest BCUT2D eigenvalue weighted by Crippen LogP contribution is 2.31. The van der Waals surface area contributed by atoms with Gasteiger partial charge in [0.05, 0.1) is 41.5 Å². The first kappa shape index (κ1) is 23.5. The Labute approximate surface area is 188 Å². The molecule has 32 heavy (non-hydrogen) atoms. The van der Waals surface area contributed by atoms with Crippen molar-refractivity contribution in [2.45, 2.75) is 18.4 Å². The number of nitrogens with zero attached hydrogens (tertiary/aromatic N) is 2. The average Bonchev–Trinajstić information content (AvgIpc) is 3.08. The number of rotatable bonds is 7. The molecule has 0 saturated carbocycles. The maximum atomic E-state index is 13.0. The molecule has 0 bridgehead atoms. The molecule has 3 aromatic rings. The Morgan fingerprint density at radius 3 is 2.50 bits per heavy atom. The van der Waals surface area contributed by atoms with Crippen LogP contribution in [0.25, 0.3) is 10.2 Å². The molecule has 0 atom stereocenters. The largest absolute Gasteiger partial charge is 0.493 e. The summed E-state index contributed by atoms with van der Waals surface area (Å²) in [7, 11) is -0.556. The Kier molecular flexibility index (Phi) is 6.99. The van der Waals surface area contributed by atoms with Crippen LogP contribution in [0.15, 0.2) is 46.3 Å². The van der Waals surface area contributed by atoms with E-state index >= 15 is 0 Å². The third kappa shape index (κ3) is 4.83. The van der Waals surface area contributed by atoms with E-state index in [1.54, 1.807) is 31.2 Å². The number of fused-ring (bicyclic) bond motifs is 1. The number of hydrogen-bond donors (Lipinski definition) is 0. The lowest BCUT2D eigenvalue weighted by molar-refractivity contribution is -0.143. The highest BCUT2D eigenvalue weighted by Gasteiger charge is 2.18. The molecule has 2 aromatic carbocycles. The van der Waals surface area contributed by atoms with E-state index in [2.05, 4.69) is 4.99 Å². The van der Waals surface area contributed by atoms with Gasteiger partial charge >= 0.3 is 5.97 Å². The van der Waals surface area contributed by atoms with Crippen LogP contribution in [0.1, 0.15) is 17.3 Å². The number of sulfone groups is 1. The van der Waals surface area contributed by atoms with Gasteiger partial charge in [-0.25, -0.2) is 8.42 Å². The van der Waals surface area contributed by atoms with E-state index in [4.69, 9.17) is 14.2 Å². The van der Waals surface area contributed by atoms with E-state index in [1.165, 1.54) is 30.9 Å². The molecule has 0 saturated heterocycles. The molecule has 0 fully saturated rings. The fourth-order valence-corrected chi connectivity index (χ4v) is 4.85. The van der Waals surface area contributed by atoms with Crippen molar-refractivity contribution in [1.82, 2.24) is 4.57 Å². The molecule has 1 amide bonds. The van der Waals surface area contributed by atoms with E-state index in [0.717, 1.165) is 17.6 Å². The smallest absolute Gasteiger partial charge is 0.326 e. The first-order valence-electron chi connectivity index (χ1n) is 9.48. The van der Waals surface area contributed by atoms with Crippen LogP contribution in [0.5, 0.6) is 11.5 Å². The second-order valence-corrected chi connectivity index (χ2v) is 9.66. The molecule has 1 aromatic heterocycles. The fourth-order valence-electron chi connectivity index (χ4n) is 3.06. The number of para-hydroxylation sites is 1. The van der Waals surface area contributed by atoms with E-state index in [-0.39, 0.29) is 34.2 Å². The summed E-state index contributed by atoms with van der Waals surface area (Å²) in [4.78, 5) is 29.7. The molecule has 0 unspecified atom stereocenters. The van der Waals surface area contributed by atoms with Crippen LogP contribution in [0.2, 0.25) is 0 Å². The number of hydrogen-bond acceptors (Lipinski definition) is 8. The molecule has 11 heteroatoms. The van der Waals surface area contributed by atoms with Crippen molar-refractivity contribution in [2.75, 3.05) is 27.1 Å². The monoisotopic (exact) mass is 478 g/mol. The summed E-state index contributed by atoms with van der Waals surface area (Å²) < 4.78 is 41.6. The molecular weight excluding hydrogens is 456 g/mol. The maximum Gasteiger partial charge on any atom is 0.326 e. The minimum absolute atomic E-state index is 0.127. The summed E-state index contributed by atoms with van der Waals surface area (Å²) in [6.45, 7) is 1.70. The Morgan fingerprint density at radius 1 is 1.12 bits per heavy atom. The zero-order valence-electron chi connectivity index (χ0n) is 17.9. The summed E-state index contributed by atoms with van der Waals surface area (Å²) in [5, 5.41) is 0. The topological polar surface area (TPSA) is 113 Å². The van der Waals surface area contributed by atoms with E-state index < -0.39 is 21.7 Å². The zero-order chi connectivity index (χ0) is 23.5. The second kappa shape index (κ2) is 9.53. The Hall–Kier alpha value is -3.18. The lowest BCUT2D eigenvalue weighted by atomic mass is 10.2. The van der Waals surface area contributed by atoms with Crippen molar-refractivity contribution in [3.8, 4) is 11.5 Å². The predicted octanol–water partition coefficient (Wildman–Crippen LogP) is 2.43. The van der Waals surface area contributed by atoms with Crippen LogP contribution >= 0.6 is 11.3 Å². The first-order chi connectivity index (χ1) is 15.2. The number of carbonyl (C=O) groups excluding carboxylic acids is 2. The van der Waals surface area contributed by atoms with Gasteiger partial charge in [-0.05, 0) is 37.3 Å². The van der Waals surface area contributed by atoms with Crippen molar-refractivity contribution in [2.24, 2.45) is 4.99 Å². The van der Waals surface area contributed by atoms with E-state index in [1.807, 2.05) is 0 Å². The normalized spacial score (nSPS) is 12.1. The van der Waals surface area contributed by atoms with Crippen molar-refractivity contribution in [3.05, 3.63) is 46.8 Å². The summed E-state index contributed by atoms with van der Waals surface area (Å²) in [5.41, 5.74) is 0.739. The van der Waals surface area contributed by atoms with Gasteiger partial charge in [0, 0.05) is 6.26 Å². The summed E-state index contributed by atoms with van der Waals surface area (Å²) >= 11 is 1.09. The van der Waals surface area contributed by atoms with Gasteiger partial charge in [-0.3, -0.25) is 9.59 Å². The van der Waals surface area contributed by atoms with Gasteiger partial charge in [-0.15, -0.1) is 0 Å². The third-order valence-corrected chi connectivity index (χ3v) is 6.66. The van der Waals surface area contributed by atoms with Crippen LogP contribution in [0.3, 0.4) is 0 Å². The van der Waals surface area contributed by atoms with Crippen molar-refractivity contribution < 1.29 is 32.2 Å². The second-order valence-electron chi connectivity index (χ2n) is 6.64. The van der Waals surface area contributed by atoms with E-state index in [9.17, 15) is 18.0 Å².